The molecule has 1 fully saturated rings. The van der Waals surface area contributed by atoms with Gasteiger partial charge in [0.2, 0.25) is 0 Å². The summed E-state index contributed by atoms with van der Waals surface area (Å²) < 4.78 is 16.6. The molecule has 0 amide bonds. The van der Waals surface area contributed by atoms with Crippen molar-refractivity contribution < 1.29 is 4.39 Å². The fraction of sp³-hybridized carbons (Fsp3) is 0.381. The molecule has 0 radical (unpaired) electrons. The second-order valence-electron chi connectivity index (χ2n) is 7.50. The van der Waals surface area contributed by atoms with Crippen LogP contribution in [0.2, 0.25) is 5.02 Å². The van der Waals surface area contributed by atoms with Crippen LogP contribution < -0.4 is 4.90 Å². The van der Waals surface area contributed by atoms with Gasteiger partial charge in [0.15, 0.2) is 5.82 Å². The number of hydrogen-bond acceptors (Lipinski definition) is 5. The third-order valence-electron chi connectivity index (χ3n) is 5.30. The first-order chi connectivity index (χ1) is 14.0. The van der Waals surface area contributed by atoms with Gasteiger partial charge in [-0.2, -0.15) is 0 Å². The van der Waals surface area contributed by atoms with E-state index in [0.717, 1.165) is 36.9 Å². The summed E-state index contributed by atoms with van der Waals surface area (Å²) in [4.78, 5) is 4.55. The molecule has 4 rings (SSSR count). The van der Waals surface area contributed by atoms with Crippen molar-refractivity contribution in [1.82, 2.24) is 25.1 Å². The number of tetrazole rings is 1. The van der Waals surface area contributed by atoms with E-state index in [4.69, 9.17) is 11.6 Å². The van der Waals surface area contributed by atoms with Crippen LogP contribution in [0.4, 0.5) is 10.1 Å². The van der Waals surface area contributed by atoms with Crippen molar-refractivity contribution in [2.75, 3.05) is 31.1 Å². The zero-order chi connectivity index (χ0) is 20.4. The molecule has 2 aromatic carbocycles. The van der Waals surface area contributed by atoms with E-state index < -0.39 is 0 Å². The van der Waals surface area contributed by atoms with Gasteiger partial charge in [-0.05, 0) is 48.5 Å². The summed E-state index contributed by atoms with van der Waals surface area (Å²) in [6.07, 6.45) is 0. The molecule has 0 N–H and O–H groups in total. The lowest BCUT2D eigenvalue weighted by Gasteiger charge is -2.40. The van der Waals surface area contributed by atoms with Crippen LogP contribution in [0, 0.1) is 5.82 Å². The van der Waals surface area contributed by atoms with Crippen LogP contribution in [0.5, 0.6) is 0 Å². The van der Waals surface area contributed by atoms with E-state index in [1.165, 1.54) is 6.07 Å². The minimum atomic E-state index is -0.338. The SMILES string of the molecule is CC(C)n1nnnc1[C@H](c1ccccc1F)N1CCN(c2cccc(Cl)c2)CC1. The van der Waals surface area contributed by atoms with Gasteiger partial charge in [-0.15, -0.1) is 5.10 Å². The number of hydrogen-bond donors (Lipinski definition) is 0. The van der Waals surface area contributed by atoms with Crippen molar-refractivity contribution in [2.45, 2.75) is 25.9 Å². The van der Waals surface area contributed by atoms with Gasteiger partial charge in [-0.25, -0.2) is 9.07 Å². The molecule has 2 heterocycles. The highest BCUT2D eigenvalue weighted by molar-refractivity contribution is 6.30. The minimum absolute atomic E-state index is 0.0852. The van der Waals surface area contributed by atoms with Crippen molar-refractivity contribution in [3.8, 4) is 0 Å². The van der Waals surface area contributed by atoms with Gasteiger partial charge in [0.05, 0.1) is 6.04 Å². The zero-order valence-electron chi connectivity index (χ0n) is 16.5. The molecular weight excluding hydrogens is 391 g/mol. The Morgan fingerprint density at radius 3 is 2.45 bits per heavy atom. The van der Waals surface area contributed by atoms with Crippen molar-refractivity contribution in [2.24, 2.45) is 0 Å². The summed E-state index contributed by atoms with van der Waals surface area (Å²) in [6, 6.07) is 14.5. The van der Waals surface area contributed by atoms with Crippen LogP contribution in [0.15, 0.2) is 48.5 Å². The van der Waals surface area contributed by atoms with Gasteiger partial charge in [0.25, 0.3) is 0 Å². The van der Waals surface area contributed by atoms with Gasteiger partial charge in [-0.3, -0.25) is 4.90 Å². The molecule has 3 aromatic rings. The second kappa shape index (κ2) is 8.47. The molecule has 1 saturated heterocycles. The highest BCUT2D eigenvalue weighted by Gasteiger charge is 2.32. The lowest BCUT2D eigenvalue weighted by atomic mass is 10.0. The fourth-order valence-corrected chi connectivity index (χ4v) is 4.04. The maximum absolute atomic E-state index is 14.8. The molecule has 1 aliphatic rings. The Morgan fingerprint density at radius 2 is 1.76 bits per heavy atom. The first kappa shape index (κ1) is 19.8. The molecular formula is C21H24ClFN6. The van der Waals surface area contributed by atoms with Gasteiger partial charge in [0, 0.05) is 42.5 Å². The van der Waals surface area contributed by atoms with Crippen LogP contribution in [0.1, 0.15) is 37.3 Å². The fourth-order valence-electron chi connectivity index (χ4n) is 3.86. The molecule has 0 bridgehead atoms. The molecule has 0 aliphatic carbocycles. The smallest absolute Gasteiger partial charge is 0.173 e. The Morgan fingerprint density at radius 1 is 1.00 bits per heavy atom. The average Bonchev–Trinajstić information content (AvgIpc) is 3.20. The van der Waals surface area contributed by atoms with E-state index >= 15 is 0 Å². The first-order valence-corrected chi connectivity index (χ1v) is 10.2. The Kier molecular flexibility index (Phi) is 5.78. The molecule has 0 spiro atoms. The number of piperazine rings is 1. The van der Waals surface area contributed by atoms with E-state index in [0.29, 0.717) is 11.4 Å². The molecule has 29 heavy (non-hydrogen) atoms. The molecule has 8 heteroatoms. The van der Waals surface area contributed by atoms with Crippen LogP contribution >= 0.6 is 11.6 Å². The first-order valence-electron chi connectivity index (χ1n) is 9.81. The zero-order valence-corrected chi connectivity index (χ0v) is 17.3. The molecule has 1 aliphatic heterocycles. The van der Waals surface area contributed by atoms with E-state index in [-0.39, 0.29) is 17.9 Å². The number of benzene rings is 2. The molecule has 152 valence electrons. The summed E-state index contributed by atoms with van der Waals surface area (Å²) in [7, 11) is 0. The maximum atomic E-state index is 14.8. The predicted octanol–water partition coefficient (Wildman–Crippen LogP) is 3.96. The summed E-state index contributed by atoms with van der Waals surface area (Å²) in [5.74, 6) is 0.425. The Bertz CT molecular complexity index is 967. The van der Waals surface area contributed by atoms with Gasteiger partial charge in [0.1, 0.15) is 11.9 Å². The van der Waals surface area contributed by atoms with Gasteiger partial charge >= 0.3 is 0 Å². The largest absolute Gasteiger partial charge is 0.369 e. The summed E-state index contributed by atoms with van der Waals surface area (Å²) in [5.41, 5.74) is 1.70. The van der Waals surface area contributed by atoms with Crippen LogP contribution in [-0.4, -0.2) is 51.3 Å². The second-order valence-corrected chi connectivity index (χ2v) is 7.94. The van der Waals surface area contributed by atoms with Crippen LogP contribution in [0.3, 0.4) is 0 Å². The van der Waals surface area contributed by atoms with Crippen molar-refractivity contribution in [1.29, 1.82) is 0 Å². The van der Waals surface area contributed by atoms with Gasteiger partial charge in [-0.1, -0.05) is 35.9 Å². The summed E-state index contributed by atoms with van der Waals surface area (Å²) >= 11 is 6.15. The highest BCUT2D eigenvalue weighted by Crippen LogP contribution is 2.31. The lowest BCUT2D eigenvalue weighted by Crippen LogP contribution is -2.48. The third kappa shape index (κ3) is 4.11. The quantitative estimate of drug-likeness (QED) is 0.632. The molecule has 1 atom stereocenters. The monoisotopic (exact) mass is 414 g/mol. The number of nitrogens with zero attached hydrogens (tertiary/aromatic N) is 6. The maximum Gasteiger partial charge on any atom is 0.173 e. The summed E-state index contributed by atoms with van der Waals surface area (Å²) in [5, 5.41) is 13.0. The number of halogens is 2. The normalized spacial score (nSPS) is 16.4. The number of aromatic nitrogens is 4. The van der Waals surface area contributed by atoms with E-state index in [1.807, 2.05) is 44.2 Å². The van der Waals surface area contributed by atoms with Gasteiger partial charge < -0.3 is 4.90 Å². The van der Waals surface area contributed by atoms with E-state index in [1.54, 1.807) is 10.7 Å². The number of anilines is 1. The Balaban J connectivity index is 1.63. The molecule has 6 nitrogen and oxygen atoms in total. The number of rotatable bonds is 5. The van der Waals surface area contributed by atoms with Crippen molar-refractivity contribution in [3.05, 3.63) is 70.8 Å². The predicted molar refractivity (Wildman–Crippen MR) is 112 cm³/mol. The average molecular weight is 415 g/mol. The minimum Gasteiger partial charge on any atom is -0.369 e. The summed E-state index contributed by atoms with van der Waals surface area (Å²) in [6.45, 7) is 7.20. The molecule has 0 saturated carbocycles. The van der Waals surface area contributed by atoms with E-state index in [9.17, 15) is 4.39 Å². The Hall–Kier alpha value is -2.51. The van der Waals surface area contributed by atoms with Crippen molar-refractivity contribution in [3.63, 3.8) is 0 Å². The standard InChI is InChI=1S/C21H24ClFN6/c1-15(2)29-21(24-25-26-29)20(18-8-3-4-9-19(18)23)28-12-10-27(11-13-28)17-7-5-6-16(22)14-17/h3-9,14-15,20H,10-13H2,1-2H3/t20-/m0/s1. The van der Waals surface area contributed by atoms with Crippen molar-refractivity contribution >= 4 is 17.3 Å². The topological polar surface area (TPSA) is 50.1 Å². The lowest BCUT2D eigenvalue weighted by molar-refractivity contribution is 0.195. The van der Waals surface area contributed by atoms with Crippen LogP contribution in [-0.2, 0) is 0 Å². The molecule has 0 unspecified atom stereocenters. The highest BCUT2D eigenvalue weighted by atomic mass is 35.5. The molecule has 1 aromatic heterocycles. The van der Waals surface area contributed by atoms with E-state index in [2.05, 4.69) is 31.4 Å². The third-order valence-corrected chi connectivity index (χ3v) is 5.54. The Labute approximate surface area is 174 Å². The van der Waals surface area contributed by atoms with Crippen LogP contribution in [0.25, 0.3) is 0 Å².